The number of halogens is 1. The van der Waals surface area contributed by atoms with E-state index in [-0.39, 0.29) is 5.57 Å². The predicted molar refractivity (Wildman–Crippen MR) is 109 cm³/mol. The lowest BCUT2D eigenvalue weighted by Crippen LogP contribution is -2.13. The molecular weight excluding hydrogens is 356 g/mol. The summed E-state index contributed by atoms with van der Waals surface area (Å²) in [7, 11) is 0. The molecule has 0 unspecified atom stereocenters. The van der Waals surface area contributed by atoms with Crippen LogP contribution in [0.1, 0.15) is 16.7 Å². The third-order valence-corrected chi connectivity index (χ3v) is 4.41. The number of anilines is 1. The number of benzene rings is 3. The van der Waals surface area contributed by atoms with Gasteiger partial charge in [0.15, 0.2) is 0 Å². The molecular formula is C23H17ClN2O. The maximum atomic E-state index is 12.3. The Bertz CT molecular complexity index is 1000. The Labute approximate surface area is 163 Å². The van der Waals surface area contributed by atoms with Crippen molar-refractivity contribution in [2.45, 2.75) is 6.42 Å². The number of nitriles is 1. The van der Waals surface area contributed by atoms with E-state index in [1.165, 1.54) is 0 Å². The minimum atomic E-state index is -0.427. The fourth-order valence-electron chi connectivity index (χ4n) is 2.63. The first kappa shape index (κ1) is 18.4. The van der Waals surface area contributed by atoms with Gasteiger partial charge in [-0.1, -0.05) is 72.3 Å². The topological polar surface area (TPSA) is 52.9 Å². The molecule has 0 aliphatic rings. The number of nitrogens with zero attached hydrogens (tertiary/aromatic N) is 1. The van der Waals surface area contributed by atoms with Crippen LogP contribution in [-0.4, -0.2) is 5.91 Å². The highest BCUT2D eigenvalue weighted by Crippen LogP contribution is 2.20. The quantitative estimate of drug-likeness (QED) is 0.476. The summed E-state index contributed by atoms with van der Waals surface area (Å²) in [6, 6.07) is 26.5. The van der Waals surface area contributed by atoms with Crippen LogP contribution in [0.3, 0.4) is 0 Å². The summed E-state index contributed by atoms with van der Waals surface area (Å²) >= 11 is 6.20. The number of para-hydroxylation sites is 1. The first-order valence-electron chi connectivity index (χ1n) is 8.46. The van der Waals surface area contributed by atoms with Crippen LogP contribution in [-0.2, 0) is 11.2 Å². The fraction of sp³-hybridized carbons (Fsp3) is 0.0435. The van der Waals surface area contributed by atoms with Gasteiger partial charge in [0.25, 0.3) is 5.91 Å². The molecule has 0 spiro atoms. The molecule has 1 amide bonds. The van der Waals surface area contributed by atoms with Crippen LogP contribution in [0.4, 0.5) is 5.69 Å². The Balaban J connectivity index is 1.72. The van der Waals surface area contributed by atoms with Crippen molar-refractivity contribution in [2.24, 2.45) is 0 Å². The molecule has 0 fully saturated rings. The minimum Gasteiger partial charge on any atom is -0.321 e. The van der Waals surface area contributed by atoms with Gasteiger partial charge in [-0.2, -0.15) is 5.26 Å². The van der Waals surface area contributed by atoms with E-state index < -0.39 is 5.91 Å². The Morgan fingerprint density at radius 2 is 1.63 bits per heavy atom. The van der Waals surface area contributed by atoms with E-state index in [0.29, 0.717) is 5.69 Å². The summed E-state index contributed by atoms with van der Waals surface area (Å²) in [5, 5.41) is 12.8. The van der Waals surface area contributed by atoms with Crippen LogP contribution in [0.25, 0.3) is 6.08 Å². The molecule has 3 rings (SSSR count). The summed E-state index contributed by atoms with van der Waals surface area (Å²) in [5.41, 5.74) is 3.66. The number of nitrogens with one attached hydrogen (secondary N) is 1. The van der Waals surface area contributed by atoms with Gasteiger partial charge in [0.2, 0.25) is 0 Å². The highest BCUT2D eigenvalue weighted by atomic mass is 35.5. The maximum absolute atomic E-state index is 12.3. The van der Waals surface area contributed by atoms with Gasteiger partial charge in [0.05, 0.1) is 0 Å². The van der Waals surface area contributed by atoms with Crippen molar-refractivity contribution in [1.29, 1.82) is 5.26 Å². The van der Waals surface area contributed by atoms with Crippen molar-refractivity contribution in [2.75, 3.05) is 5.32 Å². The van der Waals surface area contributed by atoms with E-state index in [1.54, 1.807) is 18.2 Å². The van der Waals surface area contributed by atoms with Gasteiger partial charge in [-0.05, 0) is 47.4 Å². The summed E-state index contributed by atoms with van der Waals surface area (Å²) in [6.45, 7) is 0. The van der Waals surface area contributed by atoms with Crippen LogP contribution < -0.4 is 5.32 Å². The number of carbonyl (C=O) groups is 1. The van der Waals surface area contributed by atoms with E-state index in [2.05, 4.69) is 5.32 Å². The molecule has 4 heteroatoms. The van der Waals surface area contributed by atoms with Gasteiger partial charge >= 0.3 is 0 Å². The molecule has 0 atom stereocenters. The summed E-state index contributed by atoms with van der Waals surface area (Å²) in [5.74, 6) is -0.427. The lowest BCUT2D eigenvalue weighted by atomic mass is 10.0. The smallest absolute Gasteiger partial charge is 0.266 e. The van der Waals surface area contributed by atoms with Crippen molar-refractivity contribution in [3.05, 3.63) is 106 Å². The molecule has 3 aromatic carbocycles. The maximum Gasteiger partial charge on any atom is 0.266 e. The monoisotopic (exact) mass is 372 g/mol. The van der Waals surface area contributed by atoms with Crippen LogP contribution in [0.15, 0.2) is 84.4 Å². The Morgan fingerprint density at radius 1 is 0.963 bits per heavy atom. The van der Waals surface area contributed by atoms with Crippen LogP contribution in [0, 0.1) is 11.3 Å². The highest BCUT2D eigenvalue weighted by molar-refractivity contribution is 6.31. The second-order valence-electron chi connectivity index (χ2n) is 6.00. The second-order valence-corrected chi connectivity index (χ2v) is 6.41. The van der Waals surface area contributed by atoms with Crippen molar-refractivity contribution < 1.29 is 4.79 Å². The van der Waals surface area contributed by atoms with Crippen LogP contribution >= 0.6 is 11.6 Å². The SMILES string of the molecule is N#C/C(=C\c1ccc(Cc2ccccc2Cl)cc1)C(=O)Nc1ccccc1. The number of rotatable bonds is 5. The van der Waals surface area contributed by atoms with Crippen molar-refractivity contribution in [3.63, 3.8) is 0 Å². The molecule has 1 N–H and O–H groups in total. The number of hydrogen-bond acceptors (Lipinski definition) is 2. The number of amides is 1. The molecule has 132 valence electrons. The third kappa shape index (κ3) is 5.07. The van der Waals surface area contributed by atoms with Gasteiger partial charge in [-0.25, -0.2) is 0 Å². The lowest BCUT2D eigenvalue weighted by Gasteiger charge is -2.06. The zero-order chi connectivity index (χ0) is 19.1. The molecule has 27 heavy (non-hydrogen) atoms. The summed E-state index contributed by atoms with van der Waals surface area (Å²) in [6.07, 6.45) is 2.31. The second kappa shape index (κ2) is 8.84. The van der Waals surface area contributed by atoms with Crippen LogP contribution in [0.2, 0.25) is 5.02 Å². The molecule has 3 aromatic rings. The number of hydrogen-bond donors (Lipinski definition) is 1. The molecule has 0 saturated heterocycles. The highest BCUT2D eigenvalue weighted by Gasteiger charge is 2.09. The molecule has 3 nitrogen and oxygen atoms in total. The van der Waals surface area contributed by atoms with Crippen LogP contribution in [0.5, 0.6) is 0 Å². The molecule has 0 aliphatic carbocycles. The first-order valence-corrected chi connectivity index (χ1v) is 8.84. The van der Waals surface area contributed by atoms with Gasteiger partial charge in [0.1, 0.15) is 11.6 Å². The zero-order valence-electron chi connectivity index (χ0n) is 14.5. The molecule has 0 aliphatic heterocycles. The van der Waals surface area contributed by atoms with Gasteiger partial charge < -0.3 is 5.32 Å². The molecule has 0 heterocycles. The minimum absolute atomic E-state index is 0.0534. The van der Waals surface area contributed by atoms with Crippen molar-refractivity contribution in [3.8, 4) is 6.07 Å². The van der Waals surface area contributed by atoms with E-state index >= 15 is 0 Å². The predicted octanol–water partition coefficient (Wildman–Crippen LogP) is 5.48. The van der Waals surface area contributed by atoms with Gasteiger partial charge in [-0.15, -0.1) is 0 Å². The summed E-state index contributed by atoms with van der Waals surface area (Å²) in [4.78, 5) is 12.3. The molecule has 0 saturated carbocycles. The van der Waals surface area contributed by atoms with E-state index in [9.17, 15) is 10.1 Å². The van der Waals surface area contributed by atoms with Crippen molar-refractivity contribution in [1.82, 2.24) is 0 Å². The largest absolute Gasteiger partial charge is 0.321 e. The Morgan fingerprint density at radius 3 is 2.30 bits per heavy atom. The van der Waals surface area contributed by atoms with E-state index in [0.717, 1.165) is 28.1 Å². The van der Waals surface area contributed by atoms with E-state index in [4.69, 9.17) is 11.6 Å². The number of carbonyl (C=O) groups excluding carboxylic acids is 1. The Hall–Kier alpha value is -3.35. The van der Waals surface area contributed by atoms with E-state index in [1.807, 2.05) is 72.8 Å². The van der Waals surface area contributed by atoms with Crippen molar-refractivity contribution >= 4 is 29.3 Å². The third-order valence-electron chi connectivity index (χ3n) is 4.04. The average Bonchev–Trinajstić information content (AvgIpc) is 2.70. The van der Waals surface area contributed by atoms with Gasteiger partial charge in [0, 0.05) is 10.7 Å². The fourth-order valence-corrected chi connectivity index (χ4v) is 2.83. The molecule has 0 radical (unpaired) electrons. The molecule has 0 bridgehead atoms. The zero-order valence-corrected chi connectivity index (χ0v) is 15.3. The summed E-state index contributed by atoms with van der Waals surface area (Å²) < 4.78 is 0. The first-order chi connectivity index (χ1) is 13.2. The van der Waals surface area contributed by atoms with Gasteiger partial charge in [-0.3, -0.25) is 4.79 Å². The Kier molecular flexibility index (Phi) is 6.04. The standard InChI is InChI=1S/C23H17ClN2O/c24-22-9-5-4-6-19(22)14-17-10-12-18(13-11-17)15-20(16-25)23(27)26-21-7-2-1-3-8-21/h1-13,15H,14H2,(H,26,27)/b20-15+. The average molecular weight is 373 g/mol. The lowest BCUT2D eigenvalue weighted by molar-refractivity contribution is -0.112. The normalized spacial score (nSPS) is 10.9. The molecule has 0 aromatic heterocycles.